The molecule has 0 aromatic heterocycles. The molecule has 17 heavy (non-hydrogen) atoms. The van der Waals surface area contributed by atoms with Gasteiger partial charge in [0.2, 0.25) is 0 Å². The van der Waals surface area contributed by atoms with Crippen molar-refractivity contribution >= 4 is 35.0 Å². The van der Waals surface area contributed by atoms with E-state index in [0.717, 1.165) is 24.6 Å². The molecule has 0 saturated heterocycles. The molecule has 0 amide bonds. The summed E-state index contributed by atoms with van der Waals surface area (Å²) in [6.07, 6.45) is 0. The molecule has 1 rings (SSSR count). The van der Waals surface area contributed by atoms with Gasteiger partial charge >= 0.3 is 0 Å². The molecule has 0 spiro atoms. The van der Waals surface area contributed by atoms with Crippen molar-refractivity contribution in [2.24, 2.45) is 0 Å². The third-order valence-electron chi connectivity index (χ3n) is 2.09. The Morgan fingerprint density at radius 2 is 1.94 bits per heavy atom. The Hall–Kier alpha value is 0.0700. The lowest BCUT2D eigenvalue weighted by atomic mass is 10.4. The van der Waals surface area contributed by atoms with Gasteiger partial charge < -0.3 is 10.1 Å². The van der Waals surface area contributed by atoms with Crippen LogP contribution in [-0.4, -0.2) is 32.1 Å². The summed E-state index contributed by atoms with van der Waals surface area (Å²) >= 11 is 13.7. The Balaban J connectivity index is 2.36. The highest BCUT2D eigenvalue weighted by atomic mass is 35.5. The van der Waals surface area contributed by atoms with Crippen molar-refractivity contribution in [2.45, 2.75) is 17.1 Å². The fourth-order valence-corrected chi connectivity index (χ4v) is 3.06. The summed E-state index contributed by atoms with van der Waals surface area (Å²) in [5.74, 6) is 0. The van der Waals surface area contributed by atoms with Crippen molar-refractivity contribution in [3.05, 3.63) is 28.2 Å². The van der Waals surface area contributed by atoms with Crippen LogP contribution in [0.4, 0.5) is 0 Å². The van der Waals surface area contributed by atoms with E-state index >= 15 is 0 Å². The van der Waals surface area contributed by atoms with Gasteiger partial charge in [-0.15, -0.1) is 11.8 Å². The first-order valence-corrected chi connectivity index (χ1v) is 7.08. The minimum absolute atomic E-state index is 0.460. The molecule has 5 heteroatoms. The fraction of sp³-hybridized carbons (Fsp3) is 0.500. The zero-order valence-electron chi connectivity index (χ0n) is 10.0. The molecule has 2 nitrogen and oxygen atoms in total. The van der Waals surface area contributed by atoms with Crippen LogP contribution in [0.5, 0.6) is 0 Å². The first-order chi connectivity index (χ1) is 8.11. The van der Waals surface area contributed by atoms with Gasteiger partial charge in [-0.3, -0.25) is 0 Å². The number of rotatable bonds is 7. The Morgan fingerprint density at radius 3 is 2.53 bits per heavy atom. The first-order valence-electron chi connectivity index (χ1n) is 5.44. The zero-order chi connectivity index (χ0) is 12.7. The Bertz CT molecular complexity index is 329. The largest absolute Gasteiger partial charge is 0.383 e. The first kappa shape index (κ1) is 15.1. The summed E-state index contributed by atoms with van der Waals surface area (Å²) in [6, 6.07) is 5.61. The number of thioether (sulfide) groups is 1. The van der Waals surface area contributed by atoms with Crippen LogP contribution in [-0.2, 0) is 4.74 Å². The summed E-state index contributed by atoms with van der Waals surface area (Å²) in [5.41, 5.74) is 0. The van der Waals surface area contributed by atoms with Gasteiger partial charge in [0.25, 0.3) is 0 Å². The van der Waals surface area contributed by atoms with Crippen molar-refractivity contribution in [1.29, 1.82) is 0 Å². The highest BCUT2D eigenvalue weighted by Crippen LogP contribution is 2.28. The minimum Gasteiger partial charge on any atom is -0.383 e. The molecule has 0 aliphatic heterocycles. The van der Waals surface area contributed by atoms with E-state index in [2.05, 4.69) is 12.2 Å². The van der Waals surface area contributed by atoms with E-state index in [-0.39, 0.29) is 0 Å². The van der Waals surface area contributed by atoms with Gasteiger partial charge in [-0.2, -0.15) is 0 Å². The van der Waals surface area contributed by atoms with Gasteiger partial charge in [0.1, 0.15) is 0 Å². The summed E-state index contributed by atoms with van der Waals surface area (Å²) in [6.45, 7) is 4.70. The van der Waals surface area contributed by atoms with Crippen LogP contribution >= 0.6 is 35.0 Å². The third kappa shape index (κ3) is 6.53. The second kappa shape index (κ2) is 8.22. The molecule has 1 unspecified atom stereocenters. The number of ether oxygens (including phenoxy) is 1. The van der Waals surface area contributed by atoms with E-state index in [1.54, 1.807) is 24.9 Å². The normalized spacial score (nSPS) is 12.7. The molecule has 0 bridgehead atoms. The van der Waals surface area contributed by atoms with E-state index in [9.17, 15) is 0 Å². The minimum atomic E-state index is 0.460. The average Bonchev–Trinajstić information content (AvgIpc) is 2.23. The number of nitrogens with one attached hydrogen (secondary N) is 1. The quantitative estimate of drug-likeness (QED) is 0.612. The molecule has 0 heterocycles. The summed E-state index contributed by atoms with van der Waals surface area (Å²) < 4.78 is 4.97. The van der Waals surface area contributed by atoms with Crippen LogP contribution in [0.1, 0.15) is 6.92 Å². The standard InChI is InChI=1S/C12H17Cl2NOS/c1-9(8-15-3-4-16-2)17-12-6-10(13)5-11(14)7-12/h5-7,9,15H,3-4,8H2,1-2H3. The summed E-state index contributed by atoms with van der Waals surface area (Å²) in [4.78, 5) is 1.10. The maximum absolute atomic E-state index is 5.95. The monoisotopic (exact) mass is 293 g/mol. The van der Waals surface area contributed by atoms with Gasteiger partial charge in [-0.1, -0.05) is 30.1 Å². The van der Waals surface area contributed by atoms with Gasteiger partial charge in [0, 0.05) is 40.4 Å². The van der Waals surface area contributed by atoms with E-state index < -0.39 is 0 Å². The van der Waals surface area contributed by atoms with Gasteiger partial charge in [-0.25, -0.2) is 0 Å². The molecule has 96 valence electrons. The van der Waals surface area contributed by atoms with Gasteiger partial charge in [-0.05, 0) is 18.2 Å². The number of hydrogen-bond acceptors (Lipinski definition) is 3. The molecule has 0 fully saturated rings. The predicted molar refractivity (Wildman–Crippen MR) is 76.5 cm³/mol. The Morgan fingerprint density at radius 1 is 1.29 bits per heavy atom. The predicted octanol–water partition coefficient (Wildman–Crippen LogP) is 3.71. The lowest BCUT2D eigenvalue weighted by Crippen LogP contribution is -2.26. The van der Waals surface area contributed by atoms with E-state index in [0.29, 0.717) is 15.3 Å². The molecule has 0 saturated carbocycles. The average molecular weight is 294 g/mol. The smallest absolute Gasteiger partial charge is 0.0587 e. The van der Waals surface area contributed by atoms with Crippen LogP contribution in [0.3, 0.4) is 0 Å². The van der Waals surface area contributed by atoms with E-state index in [1.807, 2.05) is 12.1 Å². The van der Waals surface area contributed by atoms with Crippen LogP contribution in [0.25, 0.3) is 0 Å². The maximum atomic E-state index is 5.95. The second-order valence-electron chi connectivity index (χ2n) is 3.73. The molecule has 1 atom stereocenters. The van der Waals surface area contributed by atoms with Crippen molar-refractivity contribution in [3.8, 4) is 0 Å². The van der Waals surface area contributed by atoms with Crippen molar-refractivity contribution in [3.63, 3.8) is 0 Å². The zero-order valence-corrected chi connectivity index (χ0v) is 12.3. The lowest BCUT2D eigenvalue weighted by molar-refractivity contribution is 0.199. The third-order valence-corrected chi connectivity index (χ3v) is 3.60. The highest BCUT2D eigenvalue weighted by molar-refractivity contribution is 8.00. The number of benzene rings is 1. The van der Waals surface area contributed by atoms with E-state index in [1.165, 1.54) is 0 Å². The number of methoxy groups -OCH3 is 1. The number of hydrogen-bond donors (Lipinski definition) is 1. The molecule has 1 aromatic rings. The van der Waals surface area contributed by atoms with Crippen molar-refractivity contribution in [2.75, 3.05) is 26.8 Å². The van der Waals surface area contributed by atoms with Crippen molar-refractivity contribution < 1.29 is 4.74 Å². The summed E-state index contributed by atoms with van der Waals surface area (Å²) in [7, 11) is 1.70. The molecule has 1 aromatic carbocycles. The number of halogens is 2. The van der Waals surface area contributed by atoms with Crippen LogP contribution in [0, 0.1) is 0 Å². The van der Waals surface area contributed by atoms with E-state index in [4.69, 9.17) is 27.9 Å². The molecule has 0 radical (unpaired) electrons. The lowest BCUT2D eigenvalue weighted by Gasteiger charge is -2.12. The molecular weight excluding hydrogens is 277 g/mol. The summed E-state index contributed by atoms with van der Waals surface area (Å²) in [5, 5.41) is 5.14. The second-order valence-corrected chi connectivity index (χ2v) is 6.12. The van der Waals surface area contributed by atoms with Crippen LogP contribution in [0.15, 0.2) is 23.1 Å². The highest BCUT2D eigenvalue weighted by Gasteiger charge is 2.05. The molecular formula is C12H17Cl2NOS. The van der Waals surface area contributed by atoms with Crippen LogP contribution in [0.2, 0.25) is 10.0 Å². The molecule has 0 aliphatic carbocycles. The van der Waals surface area contributed by atoms with Crippen LogP contribution < -0.4 is 5.32 Å². The van der Waals surface area contributed by atoms with Gasteiger partial charge in [0.15, 0.2) is 0 Å². The Kier molecular flexibility index (Phi) is 7.32. The fourth-order valence-electron chi connectivity index (χ4n) is 1.35. The Labute approximate surface area is 117 Å². The topological polar surface area (TPSA) is 21.3 Å². The SMILES string of the molecule is COCCNCC(C)Sc1cc(Cl)cc(Cl)c1. The maximum Gasteiger partial charge on any atom is 0.0587 e. The van der Waals surface area contributed by atoms with Gasteiger partial charge in [0.05, 0.1) is 6.61 Å². The van der Waals surface area contributed by atoms with Crippen molar-refractivity contribution in [1.82, 2.24) is 5.32 Å². The molecule has 1 N–H and O–H groups in total. The molecule has 0 aliphatic rings.